The van der Waals surface area contributed by atoms with Gasteiger partial charge in [0.25, 0.3) is 0 Å². The molecule has 0 unspecified atom stereocenters. The normalized spacial score (nSPS) is 14.8. The third-order valence-corrected chi connectivity index (χ3v) is 1.92. The Kier molecular flexibility index (Phi) is 2.86. The van der Waals surface area contributed by atoms with E-state index in [9.17, 15) is 14.3 Å². The Balaban J connectivity index is 2.79. The number of aliphatic hydroxyl groups is 1. The van der Waals surface area contributed by atoms with E-state index in [1.807, 2.05) is 0 Å². The molecule has 0 amide bonds. The van der Waals surface area contributed by atoms with Gasteiger partial charge in [-0.2, -0.15) is 0 Å². The molecule has 3 nitrogen and oxygen atoms in total. The molecule has 0 saturated carbocycles. The predicted molar refractivity (Wildman–Crippen MR) is 48.4 cm³/mol. The number of hydrogen-bond acceptors (Lipinski definition) is 2. The molecule has 14 heavy (non-hydrogen) atoms. The third kappa shape index (κ3) is 2.53. The van der Waals surface area contributed by atoms with Crippen molar-refractivity contribution in [1.29, 1.82) is 0 Å². The fraction of sp³-hybridized carbons (Fsp3) is 0.300. The minimum Gasteiger partial charge on any atom is -0.479 e. The van der Waals surface area contributed by atoms with Crippen molar-refractivity contribution in [1.82, 2.24) is 0 Å². The van der Waals surface area contributed by atoms with Gasteiger partial charge in [-0.3, -0.25) is 0 Å². The summed E-state index contributed by atoms with van der Waals surface area (Å²) in [6.07, 6.45) is -0.0391. The monoisotopic (exact) mass is 198 g/mol. The lowest BCUT2D eigenvalue weighted by Gasteiger charge is -2.17. The van der Waals surface area contributed by atoms with E-state index in [0.717, 1.165) is 0 Å². The third-order valence-electron chi connectivity index (χ3n) is 1.92. The zero-order valence-electron chi connectivity index (χ0n) is 7.70. The van der Waals surface area contributed by atoms with Gasteiger partial charge in [-0.15, -0.1) is 0 Å². The summed E-state index contributed by atoms with van der Waals surface area (Å²) >= 11 is 0. The van der Waals surface area contributed by atoms with Gasteiger partial charge in [0, 0.05) is 6.42 Å². The molecule has 4 heteroatoms. The highest BCUT2D eigenvalue weighted by Crippen LogP contribution is 2.13. The SMILES string of the molecule is C[C@@](O)(Cc1ccc(F)cc1)C(=O)O. The first-order chi connectivity index (χ1) is 6.42. The zero-order chi connectivity index (χ0) is 10.8. The average molecular weight is 198 g/mol. The van der Waals surface area contributed by atoms with Crippen LogP contribution in [0.15, 0.2) is 24.3 Å². The molecule has 1 atom stereocenters. The van der Waals surface area contributed by atoms with Gasteiger partial charge < -0.3 is 10.2 Å². The summed E-state index contributed by atoms with van der Waals surface area (Å²) in [6.45, 7) is 1.21. The second kappa shape index (κ2) is 3.75. The highest BCUT2D eigenvalue weighted by molar-refractivity contribution is 5.76. The van der Waals surface area contributed by atoms with Crippen molar-refractivity contribution < 1.29 is 19.4 Å². The van der Waals surface area contributed by atoms with Gasteiger partial charge in [-0.25, -0.2) is 9.18 Å². The Labute approximate surface area is 80.8 Å². The molecule has 0 aliphatic heterocycles. The molecule has 0 saturated heterocycles. The summed E-state index contributed by atoms with van der Waals surface area (Å²) < 4.78 is 12.5. The molecule has 1 aromatic rings. The number of carboxylic acids is 1. The lowest BCUT2D eigenvalue weighted by Crippen LogP contribution is -2.37. The molecule has 0 heterocycles. The minimum atomic E-state index is -1.81. The standard InChI is InChI=1S/C10H11FO3/c1-10(14,9(12)13)6-7-2-4-8(11)5-3-7/h2-5,14H,6H2,1H3,(H,12,13)/t10-/m1/s1. The van der Waals surface area contributed by atoms with E-state index >= 15 is 0 Å². The predicted octanol–water partition coefficient (Wildman–Crippen LogP) is 1.20. The van der Waals surface area contributed by atoms with Gasteiger partial charge in [-0.1, -0.05) is 12.1 Å². The first-order valence-electron chi connectivity index (χ1n) is 4.12. The van der Waals surface area contributed by atoms with Gasteiger partial charge in [0.1, 0.15) is 5.82 Å². The molecule has 0 spiro atoms. The van der Waals surface area contributed by atoms with Crippen molar-refractivity contribution in [3.05, 3.63) is 35.6 Å². The minimum absolute atomic E-state index is 0.0391. The van der Waals surface area contributed by atoms with Gasteiger partial charge in [0.05, 0.1) is 0 Å². The van der Waals surface area contributed by atoms with Crippen molar-refractivity contribution >= 4 is 5.97 Å². The molecule has 2 N–H and O–H groups in total. The van der Waals surface area contributed by atoms with Crippen LogP contribution in [-0.2, 0) is 11.2 Å². The van der Waals surface area contributed by atoms with E-state index in [-0.39, 0.29) is 12.2 Å². The number of aliphatic carboxylic acids is 1. The Bertz CT molecular complexity index is 330. The number of halogens is 1. The molecule has 0 fully saturated rings. The fourth-order valence-corrected chi connectivity index (χ4v) is 1.08. The Hall–Kier alpha value is -1.42. The van der Waals surface area contributed by atoms with Crippen molar-refractivity contribution in [2.24, 2.45) is 0 Å². The largest absolute Gasteiger partial charge is 0.479 e. The number of benzene rings is 1. The quantitative estimate of drug-likeness (QED) is 0.767. The van der Waals surface area contributed by atoms with Gasteiger partial charge in [-0.05, 0) is 24.6 Å². The summed E-state index contributed by atoms with van der Waals surface area (Å²) in [4.78, 5) is 10.6. The lowest BCUT2D eigenvalue weighted by atomic mass is 9.97. The van der Waals surface area contributed by atoms with Gasteiger partial charge >= 0.3 is 5.97 Å². The van der Waals surface area contributed by atoms with E-state index in [2.05, 4.69) is 0 Å². The van der Waals surface area contributed by atoms with E-state index in [1.54, 1.807) is 0 Å². The first kappa shape index (κ1) is 10.7. The Morgan fingerprint density at radius 1 is 1.43 bits per heavy atom. The number of hydrogen-bond donors (Lipinski definition) is 2. The second-order valence-electron chi connectivity index (χ2n) is 3.38. The number of carboxylic acid groups (broad SMARTS) is 1. The van der Waals surface area contributed by atoms with Crippen LogP contribution in [0.2, 0.25) is 0 Å². The topological polar surface area (TPSA) is 57.5 Å². The highest BCUT2D eigenvalue weighted by atomic mass is 19.1. The van der Waals surface area contributed by atoms with Gasteiger partial charge in [0.2, 0.25) is 0 Å². The van der Waals surface area contributed by atoms with Crippen LogP contribution in [0.3, 0.4) is 0 Å². The molecule has 1 aromatic carbocycles. The molecule has 0 bridgehead atoms. The molecule has 1 rings (SSSR count). The molecule has 76 valence electrons. The maximum atomic E-state index is 12.5. The molecular weight excluding hydrogens is 187 g/mol. The van der Waals surface area contributed by atoms with E-state index < -0.39 is 11.6 Å². The fourth-order valence-electron chi connectivity index (χ4n) is 1.08. The summed E-state index contributed by atoms with van der Waals surface area (Å²) in [7, 11) is 0. The first-order valence-corrected chi connectivity index (χ1v) is 4.12. The van der Waals surface area contributed by atoms with Crippen LogP contribution in [0.4, 0.5) is 4.39 Å². The molecule has 0 aliphatic carbocycles. The van der Waals surface area contributed by atoms with Crippen molar-refractivity contribution in [3.63, 3.8) is 0 Å². The maximum Gasteiger partial charge on any atom is 0.335 e. The summed E-state index contributed by atoms with van der Waals surface area (Å²) in [5.41, 5.74) is -1.23. The number of rotatable bonds is 3. The van der Waals surface area contributed by atoms with Crippen LogP contribution >= 0.6 is 0 Å². The number of carbonyl (C=O) groups is 1. The van der Waals surface area contributed by atoms with Crippen LogP contribution in [0, 0.1) is 5.82 Å². The van der Waals surface area contributed by atoms with E-state index in [1.165, 1.54) is 31.2 Å². The van der Waals surface area contributed by atoms with Crippen molar-refractivity contribution in [3.8, 4) is 0 Å². The Morgan fingerprint density at radius 2 is 1.93 bits per heavy atom. The van der Waals surface area contributed by atoms with Crippen LogP contribution in [0.25, 0.3) is 0 Å². The molecular formula is C10H11FO3. The van der Waals surface area contributed by atoms with E-state index in [0.29, 0.717) is 5.56 Å². The van der Waals surface area contributed by atoms with Crippen molar-refractivity contribution in [2.45, 2.75) is 18.9 Å². The molecule has 0 aromatic heterocycles. The van der Waals surface area contributed by atoms with Crippen LogP contribution in [0.5, 0.6) is 0 Å². The maximum absolute atomic E-state index is 12.5. The van der Waals surface area contributed by atoms with Crippen LogP contribution in [-0.4, -0.2) is 21.8 Å². The second-order valence-corrected chi connectivity index (χ2v) is 3.38. The molecule has 0 radical (unpaired) electrons. The summed E-state index contributed by atoms with van der Waals surface area (Å²) in [5.74, 6) is -1.68. The Morgan fingerprint density at radius 3 is 2.36 bits per heavy atom. The van der Waals surface area contributed by atoms with Crippen LogP contribution < -0.4 is 0 Å². The zero-order valence-corrected chi connectivity index (χ0v) is 7.70. The highest BCUT2D eigenvalue weighted by Gasteiger charge is 2.29. The summed E-state index contributed by atoms with van der Waals surface area (Å²) in [6, 6.07) is 5.36. The lowest BCUT2D eigenvalue weighted by molar-refractivity contribution is -0.156. The average Bonchev–Trinajstić information content (AvgIpc) is 2.08. The van der Waals surface area contributed by atoms with E-state index in [4.69, 9.17) is 5.11 Å². The van der Waals surface area contributed by atoms with Crippen LogP contribution in [0.1, 0.15) is 12.5 Å². The summed E-state index contributed by atoms with van der Waals surface area (Å²) in [5, 5.41) is 18.1. The van der Waals surface area contributed by atoms with Gasteiger partial charge in [0.15, 0.2) is 5.60 Å². The smallest absolute Gasteiger partial charge is 0.335 e. The van der Waals surface area contributed by atoms with Crippen molar-refractivity contribution in [2.75, 3.05) is 0 Å². The molecule has 0 aliphatic rings.